The molecule has 1 atom stereocenters. The first kappa shape index (κ1) is 22.2. The molecule has 3 rings (SSSR count). The van der Waals surface area contributed by atoms with Crippen LogP contribution in [-0.2, 0) is 0 Å². The van der Waals surface area contributed by atoms with Crippen LogP contribution in [0.15, 0.2) is 54.6 Å². The summed E-state index contributed by atoms with van der Waals surface area (Å²) >= 11 is 0. The molecule has 0 aliphatic rings. The monoisotopic (exact) mass is 435 g/mol. The van der Waals surface area contributed by atoms with Crippen LogP contribution in [0.25, 0.3) is 22.6 Å². The number of nitrogens with zero attached hydrogens (tertiary/aromatic N) is 2. The zero-order chi connectivity index (χ0) is 22.6. The van der Waals surface area contributed by atoms with Gasteiger partial charge in [0, 0.05) is 17.2 Å². The van der Waals surface area contributed by atoms with Crippen molar-refractivity contribution < 1.29 is 32.2 Å². The number of carbonyl (C=O) groups is 1. The molecule has 10 heteroatoms. The summed E-state index contributed by atoms with van der Waals surface area (Å²) in [5.74, 6) is -1.32. The standard InChI is InChI=1S/C21H17F4N3O3/c1-12(11-29)26-20(30)18-10-17(13-4-8-16(9-5-13)31-21(23,24)25)27-19(28-18)14-2-6-15(22)7-3-14/h2-10,12,29H,11H2,1H3,(H,26,30)/t12-/m0/s1. The van der Waals surface area contributed by atoms with E-state index in [1.807, 2.05) is 0 Å². The highest BCUT2D eigenvalue weighted by atomic mass is 19.4. The Kier molecular flexibility index (Phi) is 6.50. The number of aromatic nitrogens is 2. The number of nitrogens with one attached hydrogen (secondary N) is 1. The third kappa shape index (κ3) is 5.98. The number of halogens is 4. The first-order valence-electron chi connectivity index (χ1n) is 9.07. The summed E-state index contributed by atoms with van der Waals surface area (Å²) in [7, 11) is 0. The van der Waals surface area contributed by atoms with E-state index in [1.54, 1.807) is 6.92 Å². The maximum absolute atomic E-state index is 13.3. The lowest BCUT2D eigenvalue weighted by atomic mass is 10.1. The average Bonchev–Trinajstić information content (AvgIpc) is 2.73. The maximum Gasteiger partial charge on any atom is 0.573 e. The Bertz CT molecular complexity index is 1050. The van der Waals surface area contributed by atoms with Gasteiger partial charge in [0.05, 0.1) is 12.3 Å². The van der Waals surface area contributed by atoms with Crippen LogP contribution in [-0.4, -0.2) is 40.0 Å². The molecule has 0 saturated carbocycles. The van der Waals surface area contributed by atoms with Crippen molar-refractivity contribution >= 4 is 5.91 Å². The number of hydrogen-bond acceptors (Lipinski definition) is 5. The minimum Gasteiger partial charge on any atom is -0.406 e. The van der Waals surface area contributed by atoms with E-state index in [9.17, 15) is 22.4 Å². The Hall–Kier alpha value is -3.53. The topological polar surface area (TPSA) is 84.3 Å². The fourth-order valence-corrected chi connectivity index (χ4v) is 2.61. The van der Waals surface area contributed by atoms with Crippen LogP contribution in [0.5, 0.6) is 5.75 Å². The summed E-state index contributed by atoms with van der Waals surface area (Å²) in [4.78, 5) is 21.1. The molecule has 2 aromatic carbocycles. The first-order chi connectivity index (χ1) is 14.6. The number of alkyl halides is 3. The molecule has 3 aromatic rings. The average molecular weight is 435 g/mol. The molecule has 0 radical (unpaired) electrons. The van der Waals surface area contributed by atoms with E-state index < -0.39 is 29.9 Å². The fourth-order valence-electron chi connectivity index (χ4n) is 2.61. The van der Waals surface area contributed by atoms with Gasteiger partial charge in [-0.1, -0.05) is 0 Å². The highest BCUT2D eigenvalue weighted by Crippen LogP contribution is 2.27. The number of benzene rings is 2. The molecule has 0 fully saturated rings. The Balaban J connectivity index is 2.02. The Morgan fingerprint density at radius 3 is 2.26 bits per heavy atom. The zero-order valence-electron chi connectivity index (χ0n) is 16.2. The Labute approximate surface area is 174 Å². The van der Waals surface area contributed by atoms with Crippen molar-refractivity contribution in [3.05, 3.63) is 66.1 Å². The fraction of sp³-hybridized carbons (Fsp3) is 0.190. The van der Waals surface area contributed by atoms with Crippen molar-refractivity contribution in [3.8, 4) is 28.4 Å². The highest BCUT2D eigenvalue weighted by Gasteiger charge is 2.31. The van der Waals surface area contributed by atoms with E-state index in [1.165, 1.54) is 42.5 Å². The second-order valence-corrected chi connectivity index (χ2v) is 6.60. The summed E-state index contributed by atoms with van der Waals surface area (Å²) in [6.07, 6.45) is -4.82. The van der Waals surface area contributed by atoms with Gasteiger partial charge in [0.1, 0.15) is 17.3 Å². The lowest BCUT2D eigenvalue weighted by Crippen LogP contribution is -2.35. The molecule has 0 spiro atoms. The summed E-state index contributed by atoms with van der Waals surface area (Å²) in [5, 5.41) is 11.7. The largest absolute Gasteiger partial charge is 0.573 e. The van der Waals surface area contributed by atoms with Crippen LogP contribution < -0.4 is 10.1 Å². The van der Waals surface area contributed by atoms with E-state index in [0.29, 0.717) is 11.1 Å². The molecule has 0 saturated heterocycles. The summed E-state index contributed by atoms with van der Waals surface area (Å²) in [6, 6.07) is 11.1. The van der Waals surface area contributed by atoms with Crippen molar-refractivity contribution in [2.75, 3.05) is 6.61 Å². The number of hydrogen-bond donors (Lipinski definition) is 2. The van der Waals surface area contributed by atoms with Crippen molar-refractivity contribution in [1.29, 1.82) is 0 Å². The van der Waals surface area contributed by atoms with Crippen LogP contribution in [0.1, 0.15) is 17.4 Å². The van der Waals surface area contributed by atoms with Gasteiger partial charge in [-0.25, -0.2) is 14.4 Å². The number of rotatable bonds is 6. The molecule has 2 N–H and O–H groups in total. The van der Waals surface area contributed by atoms with Crippen molar-refractivity contribution in [2.24, 2.45) is 0 Å². The van der Waals surface area contributed by atoms with Gasteiger partial charge in [0.15, 0.2) is 5.82 Å². The van der Waals surface area contributed by atoms with Gasteiger partial charge in [-0.15, -0.1) is 13.2 Å². The lowest BCUT2D eigenvalue weighted by molar-refractivity contribution is -0.274. The molecule has 162 valence electrons. The second kappa shape index (κ2) is 9.09. The van der Waals surface area contributed by atoms with E-state index in [0.717, 1.165) is 12.1 Å². The van der Waals surface area contributed by atoms with Gasteiger partial charge in [0.2, 0.25) is 0 Å². The minimum atomic E-state index is -4.82. The molecule has 0 aliphatic carbocycles. The van der Waals surface area contributed by atoms with Crippen LogP contribution in [0.2, 0.25) is 0 Å². The second-order valence-electron chi connectivity index (χ2n) is 6.60. The predicted octanol–water partition coefficient (Wildman–Crippen LogP) is 3.96. The third-order valence-corrected chi connectivity index (χ3v) is 4.10. The summed E-state index contributed by atoms with van der Waals surface area (Å²) < 4.78 is 54.3. The van der Waals surface area contributed by atoms with Crippen molar-refractivity contribution in [1.82, 2.24) is 15.3 Å². The molecule has 0 aliphatic heterocycles. The van der Waals surface area contributed by atoms with Crippen LogP contribution in [0, 0.1) is 5.82 Å². The van der Waals surface area contributed by atoms with Crippen LogP contribution >= 0.6 is 0 Å². The van der Waals surface area contributed by atoms with Crippen molar-refractivity contribution in [3.63, 3.8) is 0 Å². The van der Waals surface area contributed by atoms with Gasteiger partial charge in [-0.2, -0.15) is 0 Å². The van der Waals surface area contributed by atoms with Crippen LogP contribution in [0.3, 0.4) is 0 Å². The Morgan fingerprint density at radius 1 is 1.06 bits per heavy atom. The van der Waals surface area contributed by atoms with Gasteiger partial charge in [-0.3, -0.25) is 4.79 Å². The molecule has 0 bridgehead atoms. The molecule has 1 heterocycles. The molecule has 0 unspecified atom stereocenters. The van der Waals surface area contributed by atoms with E-state index >= 15 is 0 Å². The smallest absolute Gasteiger partial charge is 0.406 e. The number of aliphatic hydroxyl groups excluding tert-OH is 1. The molecule has 31 heavy (non-hydrogen) atoms. The minimum absolute atomic E-state index is 0.0276. The van der Waals surface area contributed by atoms with Gasteiger partial charge in [-0.05, 0) is 61.5 Å². The first-order valence-corrected chi connectivity index (χ1v) is 9.07. The van der Waals surface area contributed by atoms with E-state index in [2.05, 4.69) is 20.0 Å². The van der Waals surface area contributed by atoms with E-state index in [4.69, 9.17) is 5.11 Å². The summed E-state index contributed by atoms with van der Waals surface area (Å²) in [5.41, 5.74) is 1.07. The van der Waals surface area contributed by atoms with Gasteiger partial charge in [0.25, 0.3) is 5.91 Å². The number of carbonyl (C=O) groups excluding carboxylic acids is 1. The normalized spacial score (nSPS) is 12.3. The molecule has 6 nitrogen and oxygen atoms in total. The highest BCUT2D eigenvalue weighted by molar-refractivity contribution is 5.94. The van der Waals surface area contributed by atoms with Crippen LogP contribution in [0.4, 0.5) is 17.6 Å². The third-order valence-electron chi connectivity index (χ3n) is 4.10. The summed E-state index contributed by atoms with van der Waals surface area (Å²) in [6.45, 7) is 1.31. The Morgan fingerprint density at radius 2 is 1.68 bits per heavy atom. The number of ether oxygens (including phenoxy) is 1. The molecular weight excluding hydrogens is 418 g/mol. The van der Waals surface area contributed by atoms with E-state index in [-0.39, 0.29) is 23.8 Å². The molecule has 1 amide bonds. The SMILES string of the molecule is C[C@@H](CO)NC(=O)c1cc(-c2ccc(OC(F)(F)F)cc2)nc(-c2ccc(F)cc2)n1. The zero-order valence-corrected chi connectivity index (χ0v) is 16.2. The lowest BCUT2D eigenvalue weighted by Gasteiger charge is -2.13. The number of amides is 1. The molecule has 1 aromatic heterocycles. The maximum atomic E-state index is 13.3. The predicted molar refractivity (Wildman–Crippen MR) is 104 cm³/mol. The van der Waals surface area contributed by atoms with Gasteiger partial charge >= 0.3 is 6.36 Å². The quantitative estimate of drug-likeness (QED) is 0.573. The van der Waals surface area contributed by atoms with Gasteiger partial charge < -0.3 is 15.2 Å². The molecular formula is C21H17F4N3O3. The number of aliphatic hydroxyl groups is 1. The van der Waals surface area contributed by atoms with Crippen molar-refractivity contribution in [2.45, 2.75) is 19.3 Å².